The summed E-state index contributed by atoms with van der Waals surface area (Å²) in [5.41, 5.74) is 1.70. The second-order valence-electron chi connectivity index (χ2n) is 7.76. The number of ether oxygens (including phenoxy) is 1. The summed E-state index contributed by atoms with van der Waals surface area (Å²) in [6, 6.07) is 19.5. The molecule has 0 bridgehead atoms. The third-order valence-corrected chi connectivity index (χ3v) is 6.28. The van der Waals surface area contributed by atoms with Crippen LogP contribution in [0.2, 0.25) is 0 Å². The lowest BCUT2D eigenvalue weighted by atomic mass is 10.1. The Balaban J connectivity index is 1.66. The molecule has 3 aromatic carbocycles. The van der Waals surface area contributed by atoms with Crippen LogP contribution in [0.5, 0.6) is 0 Å². The molecular weight excluding hydrogens is 469 g/mol. The Hall–Kier alpha value is -3.98. The van der Waals surface area contributed by atoms with Crippen molar-refractivity contribution in [1.82, 2.24) is 14.5 Å². The molecule has 7 nitrogen and oxygen atoms in total. The molecule has 0 fully saturated rings. The lowest BCUT2D eigenvalue weighted by Gasteiger charge is -2.18. The second-order valence-corrected chi connectivity index (χ2v) is 8.70. The fourth-order valence-corrected chi connectivity index (χ4v) is 4.45. The lowest BCUT2D eigenvalue weighted by molar-refractivity contribution is -0.127. The van der Waals surface area contributed by atoms with Gasteiger partial charge in [-0.1, -0.05) is 42.1 Å². The zero-order valence-corrected chi connectivity index (χ0v) is 19.9. The monoisotopic (exact) mass is 491 g/mol. The van der Waals surface area contributed by atoms with Crippen molar-refractivity contribution < 1.29 is 18.7 Å². The predicted octanol–water partition coefficient (Wildman–Crippen LogP) is 4.06. The molecule has 1 aromatic heterocycles. The Morgan fingerprint density at radius 1 is 1.06 bits per heavy atom. The quantitative estimate of drug-likeness (QED) is 0.220. The van der Waals surface area contributed by atoms with Crippen molar-refractivity contribution in [2.24, 2.45) is 0 Å². The molecule has 0 N–H and O–H groups in total. The van der Waals surface area contributed by atoms with E-state index >= 15 is 0 Å². The Labute approximate surface area is 205 Å². The lowest BCUT2D eigenvalue weighted by Crippen LogP contribution is -2.28. The summed E-state index contributed by atoms with van der Waals surface area (Å²) in [4.78, 5) is 44.4. The van der Waals surface area contributed by atoms with Crippen molar-refractivity contribution in [2.45, 2.75) is 11.7 Å². The molecule has 0 aliphatic rings. The molecule has 1 heterocycles. The summed E-state index contributed by atoms with van der Waals surface area (Å²) >= 11 is 1.12. The molecule has 35 heavy (non-hydrogen) atoms. The predicted molar refractivity (Wildman–Crippen MR) is 132 cm³/mol. The van der Waals surface area contributed by atoms with E-state index < -0.39 is 5.97 Å². The molecule has 0 spiro atoms. The average Bonchev–Trinajstić information content (AvgIpc) is 2.88. The molecule has 9 heteroatoms. The number of carbonyl (C=O) groups excluding carboxylic acids is 2. The highest BCUT2D eigenvalue weighted by Gasteiger charge is 2.18. The van der Waals surface area contributed by atoms with E-state index in [1.54, 1.807) is 37.4 Å². The van der Waals surface area contributed by atoms with Crippen molar-refractivity contribution in [3.63, 3.8) is 0 Å². The van der Waals surface area contributed by atoms with Crippen LogP contribution in [0.4, 0.5) is 4.39 Å². The highest BCUT2D eigenvalue weighted by atomic mass is 32.2. The number of thioether (sulfide) groups is 1. The standard InChI is InChI=1S/C26H22FN3O4S/c1-29(15-17-8-11-19(27)12-9-17)23(31)16-35-26-28-22-14-18(25(33)34-2)10-13-21(22)24(32)30(26)20-6-4-3-5-7-20/h3-14H,15-16H2,1-2H3. The number of aromatic nitrogens is 2. The number of esters is 1. The van der Waals surface area contributed by atoms with Gasteiger partial charge in [0.1, 0.15) is 5.82 Å². The molecule has 4 aromatic rings. The van der Waals surface area contributed by atoms with Gasteiger partial charge in [-0.25, -0.2) is 14.2 Å². The SMILES string of the molecule is COC(=O)c1ccc2c(=O)n(-c3ccccc3)c(SCC(=O)N(C)Cc3ccc(F)cc3)nc2c1. The number of halogens is 1. The van der Waals surface area contributed by atoms with Gasteiger partial charge in [-0.3, -0.25) is 14.2 Å². The molecule has 0 unspecified atom stereocenters. The first-order chi connectivity index (χ1) is 16.9. The van der Waals surface area contributed by atoms with Crippen molar-refractivity contribution in [3.8, 4) is 5.69 Å². The molecular formula is C26H22FN3O4S. The number of benzene rings is 3. The molecule has 0 atom stereocenters. The van der Waals surface area contributed by atoms with Gasteiger partial charge < -0.3 is 9.64 Å². The van der Waals surface area contributed by atoms with Gasteiger partial charge in [0, 0.05) is 13.6 Å². The number of carbonyl (C=O) groups is 2. The number of nitrogens with zero attached hydrogens (tertiary/aromatic N) is 3. The molecule has 0 saturated heterocycles. The van der Waals surface area contributed by atoms with Gasteiger partial charge in [0.05, 0.1) is 35.0 Å². The molecule has 4 rings (SSSR count). The smallest absolute Gasteiger partial charge is 0.337 e. The first kappa shape index (κ1) is 24.2. The maximum absolute atomic E-state index is 13.4. The zero-order chi connectivity index (χ0) is 24.9. The van der Waals surface area contributed by atoms with Crippen LogP contribution in [0.25, 0.3) is 16.6 Å². The molecule has 1 amide bonds. The summed E-state index contributed by atoms with van der Waals surface area (Å²) < 4.78 is 19.4. The minimum Gasteiger partial charge on any atom is -0.465 e. The average molecular weight is 492 g/mol. The molecule has 0 saturated carbocycles. The minimum absolute atomic E-state index is 0.0270. The summed E-state index contributed by atoms with van der Waals surface area (Å²) in [7, 11) is 2.94. The van der Waals surface area contributed by atoms with E-state index in [2.05, 4.69) is 4.98 Å². The summed E-state index contributed by atoms with van der Waals surface area (Å²) in [5, 5.41) is 0.657. The van der Waals surface area contributed by atoms with E-state index in [1.807, 2.05) is 18.2 Å². The van der Waals surface area contributed by atoms with Crippen LogP contribution >= 0.6 is 11.8 Å². The summed E-state index contributed by atoms with van der Waals surface area (Å²) in [5.74, 6) is -1.03. The largest absolute Gasteiger partial charge is 0.465 e. The molecule has 0 radical (unpaired) electrons. The van der Waals surface area contributed by atoms with Gasteiger partial charge in [0.2, 0.25) is 5.91 Å². The van der Waals surface area contributed by atoms with Crippen molar-refractivity contribution in [2.75, 3.05) is 19.9 Å². The zero-order valence-electron chi connectivity index (χ0n) is 19.1. The Morgan fingerprint density at radius 3 is 2.46 bits per heavy atom. The normalized spacial score (nSPS) is 10.8. The maximum Gasteiger partial charge on any atom is 0.337 e. The Morgan fingerprint density at radius 2 is 1.77 bits per heavy atom. The number of methoxy groups -OCH3 is 1. The van der Waals surface area contributed by atoms with Crippen molar-refractivity contribution in [1.29, 1.82) is 0 Å². The van der Waals surface area contributed by atoms with Gasteiger partial charge in [-0.15, -0.1) is 0 Å². The topological polar surface area (TPSA) is 81.5 Å². The fraction of sp³-hybridized carbons (Fsp3) is 0.154. The van der Waals surface area contributed by atoms with E-state index in [9.17, 15) is 18.8 Å². The third kappa shape index (κ3) is 5.41. The summed E-state index contributed by atoms with van der Waals surface area (Å²) in [6.45, 7) is 0.318. The fourth-order valence-electron chi connectivity index (χ4n) is 3.50. The number of para-hydroxylation sites is 1. The van der Waals surface area contributed by atoms with Gasteiger partial charge in [-0.2, -0.15) is 0 Å². The third-order valence-electron chi connectivity index (χ3n) is 5.36. The number of hydrogen-bond acceptors (Lipinski definition) is 6. The van der Waals surface area contributed by atoms with E-state index in [-0.39, 0.29) is 28.6 Å². The van der Waals surface area contributed by atoms with Crippen molar-refractivity contribution >= 4 is 34.5 Å². The van der Waals surface area contributed by atoms with Gasteiger partial charge >= 0.3 is 5.97 Å². The van der Waals surface area contributed by atoms with Crippen LogP contribution < -0.4 is 5.56 Å². The van der Waals surface area contributed by atoms with E-state index in [4.69, 9.17) is 4.74 Å². The van der Waals surface area contributed by atoms with Crippen LogP contribution in [0.3, 0.4) is 0 Å². The molecule has 0 aliphatic heterocycles. The van der Waals surface area contributed by atoms with Gasteiger partial charge in [-0.05, 0) is 48.0 Å². The molecule has 0 aliphatic carbocycles. The van der Waals surface area contributed by atoms with Crippen LogP contribution in [0, 0.1) is 5.82 Å². The second kappa shape index (κ2) is 10.5. The number of amides is 1. The van der Waals surface area contributed by atoms with E-state index in [0.29, 0.717) is 28.3 Å². The Kier molecular flexibility index (Phi) is 7.26. The van der Waals surface area contributed by atoms with Crippen molar-refractivity contribution in [3.05, 3.63) is 100 Å². The minimum atomic E-state index is -0.535. The first-order valence-corrected chi connectivity index (χ1v) is 11.7. The highest BCUT2D eigenvalue weighted by Crippen LogP contribution is 2.23. The summed E-state index contributed by atoms with van der Waals surface area (Å²) in [6.07, 6.45) is 0. The van der Waals surface area contributed by atoms with Crippen LogP contribution in [-0.4, -0.2) is 46.2 Å². The first-order valence-electron chi connectivity index (χ1n) is 10.7. The number of fused-ring (bicyclic) bond motifs is 1. The Bertz CT molecular complexity index is 1440. The van der Waals surface area contributed by atoms with Crippen LogP contribution in [-0.2, 0) is 16.1 Å². The molecule has 178 valence electrons. The highest BCUT2D eigenvalue weighted by molar-refractivity contribution is 7.99. The maximum atomic E-state index is 13.4. The van der Waals surface area contributed by atoms with Crippen LogP contribution in [0.1, 0.15) is 15.9 Å². The number of hydrogen-bond donors (Lipinski definition) is 0. The van der Waals surface area contributed by atoms with Crippen LogP contribution in [0.15, 0.2) is 82.7 Å². The van der Waals surface area contributed by atoms with E-state index in [0.717, 1.165) is 17.3 Å². The van der Waals surface area contributed by atoms with E-state index in [1.165, 1.54) is 40.8 Å². The van der Waals surface area contributed by atoms with Gasteiger partial charge in [0.25, 0.3) is 5.56 Å². The van der Waals surface area contributed by atoms with Gasteiger partial charge in [0.15, 0.2) is 5.16 Å². The number of rotatable bonds is 7.